The minimum atomic E-state index is -0.905. The number of nitrogens with one attached hydrogen (secondary N) is 2. The van der Waals surface area contributed by atoms with E-state index in [9.17, 15) is 24.3 Å². The first-order valence-corrected chi connectivity index (χ1v) is 18.1. The lowest BCUT2D eigenvalue weighted by Crippen LogP contribution is -2.46. The van der Waals surface area contributed by atoms with Crippen LogP contribution in [0.5, 0.6) is 0 Å². The molecular weight excluding hydrogens is 627 g/mol. The molecule has 2 heterocycles. The summed E-state index contributed by atoms with van der Waals surface area (Å²) in [7, 11) is 0. The second-order valence-corrected chi connectivity index (χ2v) is 14.5. The summed E-state index contributed by atoms with van der Waals surface area (Å²) in [4.78, 5) is 58.7. The minimum Gasteiger partial charge on any atom is -0.384 e. The maximum atomic E-state index is 14.0. The van der Waals surface area contributed by atoms with Gasteiger partial charge in [-0.25, -0.2) is 4.98 Å². The van der Waals surface area contributed by atoms with E-state index in [2.05, 4.69) is 15.6 Å². The molecular formula is C37H51N5O5S. The van der Waals surface area contributed by atoms with E-state index in [1.807, 2.05) is 68.1 Å². The van der Waals surface area contributed by atoms with Crippen molar-refractivity contribution in [3.63, 3.8) is 0 Å². The Kier molecular flexibility index (Phi) is 14.1. The lowest BCUT2D eigenvalue weighted by molar-refractivity contribution is -0.133. The van der Waals surface area contributed by atoms with Gasteiger partial charge in [-0.05, 0) is 60.3 Å². The number of nitrogens with two attached hydrogens (primary N) is 1. The third kappa shape index (κ3) is 10.9. The molecule has 1 aromatic heterocycles. The third-order valence-corrected chi connectivity index (χ3v) is 9.84. The Balaban J connectivity index is 1.42. The molecule has 1 fully saturated rings. The smallest absolute Gasteiger partial charge is 0.224 e. The maximum Gasteiger partial charge on any atom is 0.224 e. The molecule has 2 aromatic carbocycles. The number of thiazole rings is 1. The fourth-order valence-electron chi connectivity index (χ4n) is 6.49. The van der Waals surface area contributed by atoms with Crippen molar-refractivity contribution in [2.45, 2.75) is 90.3 Å². The molecule has 48 heavy (non-hydrogen) atoms. The Morgan fingerprint density at radius 1 is 1.06 bits per heavy atom. The maximum absolute atomic E-state index is 14.0. The van der Waals surface area contributed by atoms with Gasteiger partial charge in [0.25, 0.3) is 0 Å². The van der Waals surface area contributed by atoms with Crippen LogP contribution >= 0.6 is 11.3 Å². The summed E-state index contributed by atoms with van der Waals surface area (Å²) in [5, 5.41) is 21.0. The molecule has 260 valence electrons. The zero-order valence-electron chi connectivity index (χ0n) is 28.4. The highest BCUT2D eigenvalue weighted by molar-refractivity contribution is 7.09. The number of aromatic nitrogens is 1. The van der Waals surface area contributed by atoms with Crippen molar-refractivity contribution in [1.82, 2.24) is 20.5 Å². The number of Topliss-reactive ketones (excluding diaryl/α,β-unsaturated/α-hetero) is 1. The van der Waals surface area contributed by atoms with Crippen molar-refractivity contribution in [2.75, 3.05) is 19.6 Å². The van der Waals surface area contributed by atoms with Gasteiger partial charge >= 0.3 is 0 Å². The predicted octanol–water partition coefficient (Wildman–Crippen LogP) is 4.55. The van der Waals surface area contributed by atoms with Gasteiger partial charge in [0.1, 0.15) is 11.1 Å². The molecule has 0 spiro atoms. The monoisotopic (exact) mass is 677 g/mol. The lowest BCUT2D eigenvalue weighted by Gasteiger charge is -2.26. The van der Waals surface area contributed by atoms with Crippen LogP contribution in [0.3, 0.4) is 0 Å². The number of carbonyl (C=O) groups excluding carboxylic acids is 4. The van der Waals surface area contributed by atoms with Gasteiger partial charge in [0, 0.05) is 56.5 Å². The molecule has 11 heteroatoms. The van der Waals surface area contributed by atoms with E-state index < -0.39 is 24.1 Å². The van der Waals surface area contributed by atoms with Crippen LogP contribution in [0.1, 0.15) is 82.4 Å². The largest absolute Gasteiger partial charge is 0.384 e. The second-order valence-electron chi connectivity index (χ2n) is 13.6. The highest BCUT2D eigenvalue weighted by Gasteiger charge is 2.30. The molecule has 4 rings (SSSR count). The molecule has 5 atom stereocenters. The fourth-order valence-corrected chi connectivity index (χ4v) is 7.18. The number of carbonyl (C=O) groups is 4. The van der Waals surface area contributed by atoms with Crippen LogP contribution in [-0.2, 0) is 25.6 Å². The van der Waals surface area contributed by atoms with Crippen LogP contribution in [0.15, 0.2) is 54.0 Å². The number of ketones is 1. The fraction of sp³-hybridized carbons (Fsp3) is 0.541. The number of nitrogens with zero attached hydrogens (tertiary/aromatic N) is 2. The van der Waals surface area contributed by atoms with Crippen molar-refractivity contribution in [3.05, 3.63) is 64.6 Å². The molecule has 1 aliphatic heterocycles. The summed E-state index contributed by atoms with van der Waals surface area (Å²) in [6, 6.07) is 12.6. The molecule has 5 N–H and O–H groups in total. The van der Waals surface area contributed by atoms with Crippen molar-refractivity contribution in [2.24, 2.45) is 23.5 Å². The van der Waals surface area contributed by atoms with E-state index in [0.29, 0.717) is 50.2 Å². The first-order chi connectivity index (χ1) is 23.0. The summed E-state index contributed by atoms with van der Waals surface area (Å²) in [6.07, 6.45) is 4.22. The van der Waals surface area contributed by atoms with Crippen LogP contribution in [0.4, 0.5) is 0 Å². The van der Waals surface area contributed by atoms with E-state index in [0.717, 1.165) is 29.3 Å². The van der Waals surface area contributed by atoms with Crippen molar-refractivity contribution < 1.29 is 24.3 Å². The zero-order valence-corrected chi connectivity index (χ0v) is 29.2. The Morgan fingerprint density at radius 2 is 1.83 bits per heavy atom. The second kappa shape index (κ2) is 18.2. The van der Waals surface area contributed by atoms with Gasteiger partial charge < -0.3 is 26.4 Å². The zero-order chi connectivity index (χ0) is 34.6. The van der Waals surface area contributed by atoms with Crippen molar-refractivity contribution >= 4 is 45.6 Å². The number of likely N-dealkylation sites (tertiary alicyclic amines) is 1. The Bertz CT molecular complexity index is 1510. The van der Waals surface area contributed by atoms with Crippen molar-refractivity contribution in [3.8, 4) is 0 Å². The highest BCUT2D eigenvalue weighted by atomic mass is 32.1. The number of benzene rings is 2. The van der Waals surface area contributed by atoms with E-state index >= 15 is 0 Å². The average molecular weight is 678 g/mol. The van der Waals surface area contributed by atoms with Crippen LogP contribution in [-0.4, -0.2) is 70.2 Å². The van der Waals surface area contributed by atoms with Crippen LogP contribution in [0.25, 0.3) is 10.8 Å². The Hall–Kier alpha value is -3.67. The number of aliphatic hydroxyl groups is 1. The Labute approximate surface area is 287 Å². The van der Waals surface area contributed by atoms with E-state index in [1.165, 1.54) is 11.3 Å². The topological polar surface area (TPSA) is 155 Å². The van der Waals surface area contributed by atoms with E-state index in [-0.39, 0.29) is 48.2 Å². The SMILES string of the molecule is CC(C)C[C@H](NC(=O)[C@@H](CC(=O)NCCCN1CCCC1=O)Cc1cccc2ccccc12)C(=O)CC(C)CC(N)C(O)c1nccs1. The highest BCUT2D eigenvalue weighted by Crippen LogP contribution is 2.25. The molecule has 0 radical (unpaired) electrons. The van der Waals surface area contributed by atoms with Crippen LogP contribution in [0, 0.1) is 17.8 Å². The Morgan fingerprint density at radius 3 is 2.54 bits per heavy atom. The summed E-state index contributed by atoms with van der Waals surface area (Å²) >= 11 is 1.34. The van der Waals surface area contributed by atoms with Gasteiger partial charge in [-0.15, -0.1) is 11.3 Å². The molecule has 3 unspecified atom stereocenters. The summed E-state index contributed by atoms with van der Waals surface area (Å²) in [5.74, 6) is -1.18. The number of aliphatic hydroxyl groups excluding tert-OH is 1. The van der Waals surface area contributed by atoms with E-state index in [1.54, 1.807) is 11.6 Å². The number of hydrogen-bond acceptors (Lipinski definition) is 8. The standard InChI is InChI=1S/C37H51N5O5S/c1-24(2)19-31(32(43)21-25(3)20-30(38)35(46)37-40-15-18-48-37)41-36(47)28(22-27-11-6-10-26-9-4-5-12-29(26)27)23-33(44)39-14-8-17-42-16-7-13-34(42)45/h4-6,9-12,15,18,24-25,28,30-31,35,46H,7-8,13-14,16-17,19-23,38H2,1-3H3,(H,39,44)(H,41,47)/t25?,28-,30?,31+,35?/m1/s1. The molecule has 3 amide bonds. The van der Waals surface area contributed by atoms with E-state index in [4.69, 9.17) is 5.73 Å². The van der Waals surface area contributed by atoms with Gasteiger partial charge in [0.05, 0.1) is 12.0 Å². The summed E-state index contributed by atoms with van der Waals surface area (Å²) in [5.41, 5.74) is 7.24. The lowest BCUT2D eigenvalue weighted by atomic mass is 9.88. The molecule has 10 nitrogen and oxygen atoms in total. The molecule has 0 bridgehead atoms. The van der Waals surface area contributed by atoms with Crippen LogP contribution in [0.2, 0.25) is 0 Å². The van der Waals surface area contributed by atoms with Gasteiger partial charge in [-0.3, -0.25) is 19.2 Å². The minimum absolute atomic E-state index is 0.0276. The van der Waals surface area contributed by atoms with Gasteiger partial charge in [-0.1, -0.05) is 63.2 Å². The van der Waals surface area contributed by atoms with Gasteiger partial charge in [0.15, 0.2) is 5.78 Å². The molecule has 1 aliphatic rings. The first kappa shape index (κ1) is 37.2. The first-order valence-electron chi connectivity index (χ1n) is 17.2. The van der Waals surface area contributed by atoms with Crippen LogP contribution < -0.4 is 16.4 Å². The quantitative estimate of drug-likeness (QED) is 0.136. The number of amides is 3. The molecule has 3 aromatic rings. The predicted molar refractivity (Wildman–Crippen MR) is 189 cm³/mol. The van der Waals surface area contributed by atoms with Gasteiger partial charge in [-0.2, -0.15) is 0 Å². The number of fused-ring (bicyclic) bond motifs is 1. The van der Waals surface area contributed by atoms with Crippen molar-refractivity contribution in [1.29, 1.82) is 0 Å². The average Bonchev–Trinajstić information content (AvgIpc) is 3.74. The molecule has 1 saturated heterocycles. The molecule has 0 saturated carbocycles. The van der Waals surface area contributed by atoms with Gasteiger partial charge in [0.2, 0.25) is 17.7 Å². The molecule has 0 aliphatic carbocycles. The number of hydrogen-bond donors (Lipinski definition) is 4. The number of rotatable bonds is 19. The third-order valence-electron chi connectivity index (χ3n) is 8.99. The normalized spacial score (nSPS) is 16.5. The summed E-state index contributed by atoms with van der Waals surface area (Å²) in [6.45, 7) is 7.71. The summed E-state index contributed by atoms with van der Waals surface area (Å²) < 4.78 is 0.